The van der Waals surface area contributed by atoms with Crippen molar-refractivity contribution in [1.29, 1.82) is 0 Å². The summed E-state index contributed by atoms with van der Waals surface area (Å²) in [6, 6.07) is 2.28. The Morgan fingerprint density at radius 3 is 2.62 bits per heavy atom. The summed E-state index contributed by atoms with van der Waals surface area (Å²) in [5.74, 6) is 0. The quantitative estimate of drug-likeness (QED) is 0.793. The molecule has 3 unspecified atom stereocenters. The summed E-state index contributed by atoms with van der Waals surface area (Å²) < 4.78 is 0. The molecular formula is C14H28N2. The van der Waals surface area contributed by atoms with Gasteiger partial charge < -0.3 is 5.32 Å². The molecule has 2 nitrogen and oxygen atoms in total. The highest BCUT2D eigenvalue weighted by Crippen LogP contribution is 2.41. The van der Waals surface area contributed by atoms with E-state index in [2.05, 4.69) is 37.9 Å². The SMILES string of the molecule is CCNC1C(N2CCCC2C)CCC1(C)C. The third-order valence-corrected chi connectivity index (χ3v) is 4.77. The van der Waals surface area contributed by atoms with E-state index < -0.39 is 0 Å². The first-order valence-corrected chi connectivity index (χ1v) is 7.05. The zero-order valence-corrected chi connectivity index (χ0v) is 11.4. The van der Waals surface area contributed by atoms with Gasteiger partial charge in [-0.3, -0.25) is 4.90 Å². The van der Waals surface area contributed by atoms with Crippen LogP contribution in [0, 0.1) is 5.41 Å². The Hall–Kier alpha value is -0.0800. The van der Waals surface area contributed by atoms with Crippen LogP contribution in [0.25, 0.3) is 0 Å². The van der Waals surface area contributed by atoms with E-state index in [1.54, 1.807) is 0 Å². The fraction of sp³-hybridized carbons (Fsp3) is 1.00. The van der Waals surface area contributed by atoms with E-state index in [0.717, 1.165) is 18.6 Å². The molecule has 94 valence electrons. The number of nitrogens with one attached hydrogen (secondary N) is 1. The van der Waals surface area contributed by atoms with E-state index in [9.17, 15) is 0 Å². The Morgan fingerprint density at radius 1 is 1.31 bits per heavy atom. The van der Waals surface area contributed by atoms with Crippen LogP contribution in [0.1, 0.15) is 53.4 Å². The molecule has 0 aromatic carbocycles. The van der Waals surface area contributed by atoms with Crippen LogP contribution in [0.4, 0.5) is 0 Å². The van der Waals surface area contributed by atoms with E-state index in [4.69, 9.17) is 0 Å². The molecule has 2 fully saturated rings. The highest BCUT2D eigenvalue weighted by molar-refractivity contribution is 5.02. The number of likely N-dealkylation sites (N-methyl/N-ethyl adjacent to an activating group) is 1. The molecule has 3 atom stereocenters. The lowest BCUT2D eigenvalue weighted by atomic mass is 9.86. The van der Waals surface area contributed by atoms with Crippen LogP contribution in [0.3, 0.4) is 0 Å². The molecule has 2 heteroatoms. The van der Waals surface area contributed by atoms with Crippen LogP contribution >= 0.6 is 0 Å². The zero-order chi connectivity index (χ0) is 11.8. The maximum absolute atomic E-state index is 3.74. The fourth-order valence-electron chi connectivity index (χ4n) is 3.80. The molecule has 1 heterocycles. The van der Waals surface area contributed by atoms with Crippen LogP contribution in [0.5, 0.6) is 0 Å². The normalized spacial score (nSPS) is 39.4. The first kappa shape index (κ1) is 12.4. The largest absolute Gasteiger partial charge is 0.312 e. The van der Waals surface area contributed by atoms with Crippen LogP contribution in [0.15, 0.2) is 0 Å². The van der Waals surface area contributed by atoms with Gasteiger partial charge in [0, 0.05) is 18.1 Å². The predicted molar refractivity (Wildman–Crippen MR) is 69.7 cm³/mol. The van der Waals surface area contributed by atoms with Crippen molar-refractivity contribution in [2.75, 3.05) is 13.1 Å². The van der Waals surface area contributed by atoms with Crippen LogP contribution in [-0.2, 0) is 0 Å². The summed E-state index contributed by atoms with van der Waals surface area (Å²) in [7, 11) is 0. The van der Waals surface area contributed by atoms with E-state index in [1.807, 2.05) is 0 Å². The second-order valence-corrected chi connectivity index (χ2v) is 6.36. The topological polar surface area (TPSA) is 15.3 Å². The maximum Gasteiger partial charge on any atom is 0.0274 e. The van der Waals surface area contributed by atoms with Gasteiger partial charge in [0.25, 0.3) is 0 Å². The van der Waals surface area contributed by atoms with Gasteiger partial charge in [0.1, 0.15) is 0 Å². The fourth-order valence-corrected chi connectivity index (χ4v) is 3.80. The van der Waals surface area contributed by atoms with Gasteiger partial charge in [-0.25, -0.2) is 0 Å². The van der Waals surface area contributed by atoms with Crippen molar-refractivity contribution in [2.24, 2.45) is 5.41 Å². The Kier molecular flexibility index (Phi) is 3.60. The molecule has 0 amide bonds. The Balaban J connectivity index is 2.08. The standard InChI is InChI=1S/C14H28N2/c1-5-15-13-12(8-9-14(13,3)4)16-10-6-7-11(16)2/h11-13,15H,5-10H2,1-4H3. The highest BCUT2D eigenvalue weighted by Gasteiger charge is 2.45. The van der Waals surface area contributed by atoms with Gasteiger partial charge in [0.05, 0.1) is 0 Å². The van der Waals surface area contributed by atoms with Crippen molar-refractivity contribution in [2.45, 2.75) is 71.5 Å². The van der Waals surface area contributed by atoms with Crippen molar-refractivity contribution in [1.82, 2.24) is 10.2 Å². The molecule has 16 heavy (non-hydrogen) atoms. The number of likely N-dealkylation sites (tertiary alicyclic amines) is 1. The smallest absolute Gasteiger partial charge is 0.0274 e. The third kappa shape index (κ3) is 2.14. The summed E-state index contributed by atoms with van der Waals surface area (Å²) >= 11 is 0. The van der Waals surface area contributed by atoms with Gasteiger partial charge in [-0.05, 0) is 51.1 Å². The molecule has 2 rings (SSSR count). The number of rotatable bonds is 3. The lowest BCUT2D eigenvalue weighted by Gasteiger charge is -2.37. The van der Waals surface area contributed by atoms with Crippen molar-refractivity contribution in [3.63, 3.8) is 0 Å². The maximum atomic E-state index is 3.74. The third-order valence-electron chi connectivity index (χ3n) is 4.77. The zero-order valence-electron chi connectivity index (χ0n) is 11.4. The van der Waals surface area contributed by atoms with Gasteiger partial charge in [-0.1, -0.05) is 20.8 Å². The number of hydrogen-bond acceptors (Lipinski definition) is 2. The molecule has 1 aliphatic carbocycles. The minimum absolute atomic E-state index is 0.475. The molecule has 1 N–H and O–H groups in total. The minimum atomic E-state index is 0.475. The molecule has 0 aromatic heterocycles. The Bertz CT molecular complexity index is 237. The summed E-state index contributed by atoms with van der Waals surface area (Å²) in [4.78, 5) is 2.77. The van der Waals surface area contributed by atoms with Crippen LogP contribution in [-0.4, -0.2) is 36.1 Å². The molecule has 1 saturated carbocycles. The molecule has 0 bridgehead atoms. The minimum Gasteiger partial charge on any atom is -0.312 e. The average Bonchev–Trinajstić information content (AvgIpc) is 2.74. The van der Waals surface area contributed by atoms with Gasteiger partial charge in [-0.2, -0.15) is 0 Å². The summed E-state index contributed by atoms with van der Waals surface area (Å²) in [5, 5.41) is 3.74. The van der Waals surface area contributed by atoms with E-state index in [0.29, 0.717) is 11.5 Å². The first-order chi connectivity index (χ1) is 7.56. The molecule has 2 aliphatic rings. The van der Waals surface area contributed by atoms with Gasteiger partial charge in [-0.15, -0.1) is 0 Å². The predicted octanol–water partition coefficient (Wildman–Crippen LogP) is 2.64. The van der Waals surface area contributed by atoms with Gasteiger partial charge in [0.2, 0.25) is 0 Å². The van der Waals surface area contributed by atoms with Gasteiger partial charge >= 0.3 is 0 Å². The Labute approximate surface area is 101 Å². The molecule has 0 radical (unpaired) electrons. The van der Waals surface area contributed by atoms with E-state index >= 15 is 0 Å². The molecule has 1 saturated heterocycles. The second-order valence-electron chi connectivity index (χ2n) is 6.36. The second kappa shape index (κ2) is 4.66. The van der Waals surface area contributed by atoms with E-state index in [1.165, 1.54) is 32.2 Å². The highest BCUT2D eigenvalue weighted by atomic mass is 15.2. The summed E-state index contributed by atoms with van der Waals surface area (Å²) in [6.07, 6.45) is 5.56. The van der Waals surface area contributed by atoms with Crippen molar-refractivity contribution in [3.8, 4) is 0 Å². The van der Waals surface area contributed by atoms with E-state index in [-0.39, 0.29) is 0 Å². The van der Waals surface area contributed by atoms with Crippen LogP contribution < -0.4 is 5.32 Å². The first-order valence-electron chi connectivity index (χ1n) is 7.05. The molecule has 1 aliphatic heterocycles. The average molecular weight is 224 g/mol. The Morgan fingerprint density at radius 2 is 2.06 bits per heavy atom. The molecule has 0 aromatic rings. The van der Waals surface area contributed by atoms with Crippen LogP contribution in [0.2, 0.25) is 0 Å². The van der Waals surface area contributed by atoms with Gasteiger partial charge in [0.15, 0.2) is 0 Å². The van der Waals surface area contributed by atoms with Crippen molar-refractivity contribution < 1.29 is 0 Å². The lowest BCUT2D eigenvalue weighted by Crippen LogP contribution is -2.52. The monoisotopic (exact) mass is 224 g/mol. The molecular weight excluding hydrogens is 196 g/mol. The summed E-state index contributed by atoms with van der Waals surface area (Å²) in [5.41, 5.74) is 0.475. The van der Waals surface area contributed by atoms with Crippen molar-refractivity contribution in [3.05, 3.63) is 0 Å². The molecule has 0 spiro atoms. The summed E-state index contributed by atoms with van der Waals surface area (Å²) in [6.45, 7) is 11.9. The van der Waals surface area contributed by atoms with Crippen molar-refractivity contribution >= 4 is 0 Å². The number of hydrogen-bond donors (Lipinski definition) is 1. The number of nitrogens with zero attached hydrogens (tertiary/aromatic N) is 1. The lowest BCUT2D eigenvalue weighted by molar-refractivity contribution is 0.140.